The maximum atomic E-state index is 12.9. The molecule has 0 unspecified atom stereocenters. The normalized spacial score (nSPS) is 12.8. The molecule has 0 amide bonds. The number of carbonyl (C=O) groups is 2. The molecule has 0 fully saturated rings. The Hall–Kier alpha value is -3.85. The van der Waals surface area contributed by atoms with Crippen LogP contribution in [0.3, 0.4) is 0 Å². The number of carbonyl (C=O) groups excluding carboxylic acids is 2. The van der Waals surface area contributed by atoms with Crippen molar-refractivity contribution in [1.82, 2.24) is 0 Å². The molecule has 9 heteroatoms. The fraction of sp³-hybridized carbons (Fsp3) is 0.0476. The molecule has 8 nitrogen and oxygen atoms in total. The number of anilines is 1. The van der Waals surface area contributed by atoms with Gasteiger partial charge >= 0.3 is 10.1 Å². The van der Waals surface area contributed by atoms with Gasteiger partial charge in [-0.2, -0.15) is 8.42 Å². The molecular formula is C21H15NO7S. The quantitative estimate of drug-likeness (QED) is 0.289. The molecule has 0 saturated heterocycles. The molecule has 0 bridgehead atoms. The van der Waals surface area contributed by atoms with E-state index < -0.39 is 33.2 Å². The first-order valence-corrected chi connectivity index (χ1v) is 10.1. The summed E-state index contributed by atoms with van der Waals surface area (Å²) < 4.78 is 35.3. The van der Waals surface area contributed by atoms with E-state index in [2.05, 4.69) is 0 Å². The van der Waals surface area contributed by atoms with Gasteiger partial charge in [0.1, 0.15) is 16.4 Å². The van der Waals surface area contributed by atoms with Gasteiger partial charge in [0, 0.05) is 17.2 Å². The highest BCUT2D eigenvalue weighted by Gasteiger charge is 2.36. The van der Waals surface area contributed by atoms with Crippen LogP contribution < -0.4 is 14.7 Å². The molecular weight excluding hydrogens is 410 g/mol. The van der Waals surface area contributed by atoms with E-state index in [9.17, 15) is 23.1 Å². The van der Waals surface area contributed by atoms with Crippen LogP contribution in [0.5, 0.6) is 17.2 Å². The number of benzene rings is 3. The molecule has 3 aromatic carbocycles. The van der Waals surface area contributed by atoms with Crippen LogP contribution in [0, 0.1) is 0 Å². The molecule has 1 aliphatic carbocycles. The molecule has 0 heterocycles. The second kappa shape index (κ2) is 6.89. The van der Waals surface area contributed by atoms with Crippen LogP contribution >= 0.6 is 0 Å². The zero-order valence-electron chi connectivity index (χ0n) is 15.6. The van der Waals surface area contributed by atoms with Crippen LogP contribution in [0.25, 0.3) is 0 Å². The molecule has 0 atom stereocenters. The maximum absolute atomic E-state index is 12.9. The number of rotatable bonds is 4. The van der Waals surface area contributed by atoms with Crippen molar-refractivity contribution in [2.75, 3.05) is 12.8 Å². The lowest BCUT2D eigenvalue weighted by atomic mass is 9.82. The lowest BCUT2D eigenvalue weighted by Gasteiger charge is -2.21. The number of nitrogen functional groups attached to an aromatic ring is 1. The van der Waals surface area contributed by atoms with Gasteiger partial charge in [-0.05, 0) is 24.3 Å². The minimum atomic E-state index is -4.34. The molecule has 0 saturated carbocycles. The van der Waals surface area contributed by atoms with Gasteiger partial charge < -0.3 is 19.8 Å². The molecule has 152 valence electrons. The summed E-state index contributed by atoms with van der Waals surface area (Å²) in [6, 6.07) is 12.4. The average Bonchev–Trinajstić information content (AvgIpc) is 2.74. The number of phenols is 1. The molecule has 30 heavy (non-hydrogen) atoms. The second-order valence-corrected chi connectivity index (χ2v) is 8.02. The Morgan fingerprint density at radius 2 is 1.47 bits per heavy atom. The van der Waals surface area contributed by atoms with Gasteiger partial charge in [0.15, 0.2) is 17.3 Å². The van der Waals surface area contributed by atoms with Gasteiger partial charge in [-0.15, -0.1) is 0 Å². The lowest BCUT2D eigenvalue weighted by molar-refractivity contribution is 0.0977. The zero-order valence-corrected chi connectivity index (χ0v) is 16.4. The predicted molar refractivity (Wildman–Crippen MR) is 107 cm³/mol. The van der Waals surface area contributed by atoms with Crippen LogP contribution in [0.2, 0.25) is 0 Å². The summed E-state index contributed by atoms with van der Waals surface area (Å²) in [7, 11) is -2.90. The van der Waals surface area contributed by atoms with E-state index in [4.69, 9.17) is 14.7 Å². The highest BCUT2D eigenvalue weighted by Crippen LogP contribution is 2.42. The highest BCUT2D eigenvalue weighted by atomic mass is 32.2. The Morgan fingerprint density at radius 3 is 2.03 bits per heavy atom. The highest BCUT2D eigenvalue weighted by molar-refractivity contribution is 7.87. The average molecular weight is 425 g/mol. The van der Waals surface area contributed by atoms with Gasteiger partial charge in [0.05, 0.1) is 23.9 Å². The van der Waals surface area contributed by atoms with Crippen molar-refractivity contribution >= 4 is 27.4 Å². The predicted octanol–water partition coefficient (Wildman–Crippen LogP) is 2.53. The van der Waals surface area contributed by atoms with Gasteiger partial charge in [0.25, 0.3) is 0 Å². The van der Waals surface area contributed by atoms with Crippen LogP contribution in [-0.4, -0.2) is 32.2 Å². The van der Waals surface area contributed by atoms with Gasteiger partial charge in [-0.25, -0.2) is 0 Å². The first-order chi connectivity index (χ1) is 14.2. The van der Waals surface area contributed by atoms with Crippen LogP contribution in [0.4, 0.5) is 5.69 Å². The summed E-state index contributed by atoms with van der Waals surface area (Å²) in [4.78, 5) is 25.5. The molecule has 3 N–H and O–H groups in total. The maximum Gasteiger partial charge on any atom is 0.339 e. The van der Waals surface area contributed by atoms with E-state index in [0.717, 1.165) is 6.07 Å². The first-order valence-electron chi connectivity index (χ1n) is 8.67. The van der Waals surface area contributed by atoms with Crippen molar-refractivity contribution < 1.29 is 32.0 Å². The molecule has 4 rings (SSSR count). The van der Waals surface area contributed by atoms with E-state index in [1.807, 2.05) is 0 Å². The molecule has 0 aliphatic heterocycles. The van der Waals surface area contributed by atoms with Crippen molar-refractivity contribution in [2.24, 2.45) is 0 Å². The number of methoxy groups -OCH3 is 1. The number of nitrogens with two attached hydrogens (primary N) is 1. The number of hydrogen-bond acceptors (Lipinski definition) is 8. The third kappa shape index (κ3) is 2.96. The van der Waals surface area contributed by atoms with E-state index in [-0.39, 0.29) is 32.8 Å². The minimum absolute atomic E-state index is 0.108. The zero-order chi connectivity index (χ0) is 21.6. The van der Waals surface area contributed by atoms with E-state index in [1.54, 1.807) is 12.1 Å². The first kappa shape index (κ1) is 19.5. The number of ketones is 2. The number of phenolic OH excluding ortho intramolecular Hbond substituents is 1. The third-order valence-corrected chi connectivity index (χ3v) is 5.98. The van der Waals surface area contributed by atoms with Gasteiger partial charge in [0.2, 0.25) is 0 Å². The Labute approximate surface area is 171 Å². The summed E-state index contributed by atoms with van der Waals surface area (Å²) in [5.74, 6) is -1.81. The summed E-state index contributed by atoms with van der Waals surface area (Å²) >= 11 is 0. The Balaban J connectivity index is 1.81. The summed E-state index contributed by atoms with van der Waals surface area (Å²) in [6.45, 7) is 0. The fourth-order valence-electron chi connectivity index (χ4n) is 3.25. The van der Waals surface area contributed by atoms with Crippen molar-refractivity contribution in [1.29, 1.82) is 0 Å². The number of hydrogen-bond donors (Lipinski definition) is 2. The number of aromatic hydroxyl groups is 1. The van der Waals surface area contributed by atoms with E-state index in [0.29, 0.717) is 5.75 Å². The molecule has 1 aliphatic rings. The molecule has 0 aromatic heterocycles. The van der Waals surface area contributed by atoms with Crippen LogP contribution in [0.1, 0.15) is 31.8 Å². The van der Waals surface area contributed by atoms with Gasteiger partial charge in [-0.1, -0.05) is 24.3 Å². The minimum Gasteiger partial charge on any atom is -0.507 e. The van der Waals surface area contributed by atoms with Crippen LogP contribution in [-0.2, 0) is 10.1 Å². The van der Waals surface area contributed by atoms with Crippen molar-refractivity contribution in [3.8, 4) is 17.2 Å². The van der Waals surface area contributed by atoms with Crippen molar-refractivity contribution in [2.45, 2.75) is 4.90 Å². The molecule has 0 radical (unpaired) electrons. The van der Waals surface area contributed by atoms with E-state index >= 15 is 0 Å². The topological polar surface area (TPSA) is 133 Å². The Morgan fingerprint density at radius 1 is 0.900 bits per heavy atom. The monoisotopic (exact) mass is 425 g/mol. The van der Waals surface area contributed by atoms with Crippen molar-refractivity contribution in [3.05, 3.63) is 76.9 Å². The third-order valence-electron chi connectivity index (χ3n) is 4.73. The largest absolute Gasteiger partial charge is 0.507 e. The fourth-order valence-corrected chi connectivity index (χ4v) is 4.19. The number of fused-ring (bicyclic) bond motifs is 2. The van der Waals surface area contributed by atoms with Crippen molar-refractivity contribution in [3.63, 3.8) is 0 Å². The second-order valence-electron chi connectivity index (χ2n) is 6.47. The number of ether oxygens (including phenoxy) is 1. The summed E-state index contributed by atoms with van der Waals surface area (Å²) in [6.07, 6.45) is 0. The summed E-state index contributed by atoms with van der Waals surface area (Å²) in [5.41, 5.74) is 5.32. The van der Waals surface area contributed by atoms with Crippen LogP contribution in [0.15, 0.2) is 59.5 Å². The lowest BCUT2D eigenvalue weighted by Crippen LogP contribution is -2.23. The Kier molecular flexibility index (Phi) is 4.47. The van der Waals surface area contributed by atoms with E-state index in [1.165, 1.54) is 43.5 Å². The SMILES string of the molecule is COc1ccc(S(=O)(=O)Oc2cc(O)c3c(c2N)C(=O)c2ccccc2C3=O)cc1. The van der Waals surface area contributed by atoms with Gasteiger partial charge in [-0.3, -0.25) is 9.59 Å². The standard InChI is InChI=1S/C21H15NO7S/c1-28-11-6-8-12(9-7-11)30(26,27)29-16-10-15(23)17-18(19(16)22)21(25)14-5-3-2-4-13(14)20(17)24/h2-10,23H,22H2,1H3. The Bertz CT molecular complexity index is 1310. The molecule has 3 aromatic rings. The summed E-state index contributed by atoms with van der Waals surface area (Å²) in [5, 5.41) is 10.4. The molecule has 0 spiro atoms. The smallest absolute Gasteiger partial charge is 0.339 e.